The molecule has 0 aliphatic rings. The van der Waals surface area contributed by atoms with Gasteiger partial charge in [0.05, 0.1) is 34.8 Å². The fraction of sp³-hybridized carbons (Fsp3) is 0.0625. The van der Waals surface area contributed by atoms with E-state index in [0.29, 0.717) is 26.9 Å². The first-order chi connectivity index (χ1) is 21.8. The van der Waals surface area contributed by atoms with E-state index in [1.165, 1.54) is 24.7 Å². The maximum atomic E-state index is 12.7. The van der Waals surface area contributed by atoms with Gasteiger partial charge in [-0.15, -0.1) is 11.3 Å². The van der Waals surface area contributed by atoms with Crippen molar-refractivity contribution >= 4 is 80.7 Å². The Bertz CT molecular complexity index is 1850. The average molecular weight is 681 g/mol. The van der Waals surface area contributed by atoms with Crippen LogP contribution in [0.5, 0.6) is 11.5 Å². The molecule has 13 heteroatoms. The number of hydrogen-bond acceptors (Lipinski definition) is 8. The van der Waals surface area contributed by atoms with Gasteiger partial charge in [-0.1, -0.05) is 59.1 Å². The summed E-state index contributed by atoms with van der Waals surface area (Å²) in [5, 5.41) is 13.9. The Labute approximate surface area is 277 Å². The predicted octanol–water partition coefficient (Wildman–Crippen LogP) is 8.30. The van der Waals surface area contributed by atoms with Crippen LogP contribution >= 0.6 is 46.1 Å². The third kappa shape index (κ3) is 8.52. The molecule has 2 amide bonds. The summed E-state index contributed by atoms with van der Waals surface area (Å²) in [5.74, 6) is -0.360. The van der Waals surface area contributed by atoms with Gasteiger partial charge >= 0.3 is 0 Å². The van der Waals surface area contributed by atoms with Crippen LogP contribution in [0.4, 0.5) is 16.5 Å². The number of hydrazone groups is 1. The minimum absolute atomic E-state index is 0.183. The van der Waals surface area contributed by atoms with Crippen molar-refractivity contribution in [3.8, 4) is 22.8 Å². The molecule has 1 heterocycles. The van der Waals surface area contributed by atoms with E-state index in [4.69, 9.17) is 44.3 Å². The van der Waals surface area contributed by atoms with E-state index in [-0.39, 0.29) is 23.1 Å². The van der Waals surface area contributed by atoms with E-state index >= 15 is 0 Å². The number of halogens is 3. The third-order valence-electron chi connectivity index (χ3n) is 6.17. The Morgan fingerprint density at radius 3 is 2.44 bits per heavy atom. The van der Waals surface area contributed by atoms with Gasteiger partial charge in [-0.05, 0) is 66.2 Å². The maximum Gasteiger partial charge on any atom is 0.271 e. The molecule has 4 aromatic carbocycles. The highest BCUT2D eigenvalue weighted by atomic mass is 35.5. The first kappa shape index (κ1) is 31.8. The fourth-order valence-electron chi connectivity index (χ4n) is 3.98. The lowest BCUT2D eigenvalue weighted by Gasteiger charge is -2.13. The number of nitrogens with one attached hydrogen (secondary N) is 3. The number of carbonyl (C=O) groups is 2. The molecular weight excluding hydrogens is 657 g/mol. The van der Waals surface area contributed by atoms with Crippen molar-refractivity contribution < 1.29 is 19.1 Å². The van der Waals surface area contributed by atoms with Gasteiger partial charge in [0, 0.05) is 27.2 Å². The number of amides is 2. The Kier molecular flexibility index (Phi) is 10.5. The Hall–Kier alpha value is -4.61. The molecule has 3 N–H and O–H groups in total. The molecule has 0 saturated carbocycles. The van der Waals surface area contributed by atoms with Crippen LogP contribution in [0.3, 0.4) is 0 Å². The summed E-state index contributed by atoms with van der Waals surface area (Å²) >= 11 is 19.9. The zero-order valence-corrected chi connectivity index (χ0v) is 26.6. The molecule has 0 aliphatic carbocycles. The van der Waals surface area contributed by atoms with Crippen molar-refractivity contribution in [1.29, 1.82) is 0 Å². The highest BCUT2D eigenvalue weighted by Gasteiger charge is 2.15. The van der Waals surface area contributed by atoms with Crippen molar-refractivity contribution in [1.82, 2.24) is 10.4 Å². The van der Waals surface area contributed by atoms with Crippen LogP contribution in [0.15, 0.2) is 95.4 Å². The van der Waals surface area contributed by atoms with Crippen molar-refractivity contribution in [3.63, 3.8) is 0 Å². The number of para-hydroxylation sites is 1. The largest absolute Gasteiger partial charge is 0.493 e. The minimum Gasteiger partial charge on any atom is -0.493 e. The molecule has 9 nitrogen and oxygen atoms in total. The van der Waals surface area contributed by atoms with E-state index in [2.05, 4.69) is 26.1 Å². The first-order valence-corrected chi connectivity index (χ1v) is 15.3. The van der Waals surface area contributed by atoms with E-state index in [9.17, 15) is 9.59 Å². The van der Waals surface area contributed by atoms with Gasteiger partial charge in [-0.3, -0.25) is 9.59 Å². The number of anilines is 3. The van der Waals surface area contributed by atoms with Crippen LogP contribution in [0.25, 0.3) is 11.3 Å². The van der Waals surface area contributed by atoms with Gasteiger partial charge in [0.1, 0.15) is 0 Å². The van der Waals surface area contributed by atoms with Gasteiger partial charge < -0.3 is 20.1 Å². The molecule has 0 saturated heterocycles. The molecule has 0 fully saturated rings. The minimum atomic E-state index is -0.426. The monoisotopic (exact) mass is 679 g/mol. The Morgan fingerprint density at radius 1 is 0.956 bits per heavy atom. The molecule has 0 atom stereocenters. The molecule has 5 aromatic rings. The van der Waals surface area contributed by atoms with Crippen LogP contribution in [0, 0.1) is 0 Å². The van der Waals surface area contributed by atoms with Crippen molar-refractivity contribution in [3.05, 3.63) is 117 Å². The van der Waals surface area contributed by atoms with Gasteiger partial charge in [0.2, 0.25) is 0 Å². The van der Waals surface area contributed by atoms with E-state index in [1.54, 1.807) is 60.7 Å². The second kappa shape index (κ2) is 14.9. The van der Waals surface area contributed by atoms with E-state index < -0.39 is 11.8 Å². The predicted molar refractivity (Wildman–Crippen MR) is 181 cm³/mol. The number of thiazole rings is 1. The number of hydrogen-bond donors (Lipinski definition) is 3. The quantitative estimate of drug-likeness (QED) is 0.0956. The molecule has 0 aliphatic heterocycles. The van der Waals surface area contributed by atoms with Crippen LogP contribution in [0.2, 0.25) is 15.1 Å². The summed E-state index contributed by atoms with van der Waals surface area (Å²) < 4.78 is 11.0. The fourth-order valence-corrected chi connectivity index (χ4v) is 5.31. The molecule has 0 bridgehead atoms. The second-order valence-electron chi connectivity index (χ2n) is 9.30. The highest BCUT2D eigenvalue weighted by molar-refractivity contribution is 7.14. The lowest BCUT2D eigenvalue weighted by atomic mass is 10.1. The maximum absolute atomic E-state index is 12.7. The van der Waals surface area contributed by atoms with Gasteiger partial charge in [-0.2, -0.15) is 5.10 Å². The molecule has 0 spiro atoms. The van der Waals surface area contributed by atoms with Crippen molar-refractivity contribution in [2.24, 2.45) is 5.10 Å². The van der Waals surface area contributed by atoms with Crippen LogP contribution in [-0.4, -0.2) is 36.7 Å². The molecule has 0 unspecified atom stereocenters. The van der Waals surface area contributed by atoms with Crippen LogP contribution in [-0.2, 0) is 4.79 Å². The van der Waals surface area contributed by atoms with Crippen molar-refractivity contribution in [2.45, 2.75) is 0 Å². The summed E-state index contributed by atoms with van der Waals surface area (Å²) in [6.07, 6.45) is 1.42. The SMILES string of the molecule is COc1cc(/C=N\NC(=O)c2ccc(-c3csc(Nc4ccc(Cl)cc4)n3)cc2)cc(Cl)c1OCC(=O)Nc1ccccc1Cl. The van der Waals surface area contributed by atoms with Gasteiger partial charge in [-0.25, -0.2) is 10.4 Å². The average Bonchev–Trinajstić information content (AvgIpc) is 3.51. The summed E-state index contributed by atoms with van der Waals surface area (Å²) in [4.78, 5) is 29.7. The smallest absolute Gasteiger partial charge is 0.271 e. The number of carbonyl (C=O) groups excluding carboxylic acids is 2. The van der Waals surface area contributed by atoms with Crippen molar-refractivity contribution in [2.75, 3.05) is 24.4 Å². The topological polar surface area (TPSA) is 114 Å². The summed E-state index contributed by atoms with van der Waals surface area (Å²) in [6.45, 7) is -0.326. The highest BCUT2D eigenvalue weighted by Crippen LogP contribution is 2.36. The summed E-state index contributed by atoms with van der Waals surface area (Å²) in [5.41, 5.74) is 6.44. The Balaban J connectivity index is 1.16. The summed E-state index contributed by atoms with van der Waals surface area (Å²) in [6, 6.07) is 24.4. The molecule has 228 valence electrons. The zero-order chi connectivity index (χ0) is 31.8. The molecule has 0 radical (unpaired) electrons. The van der Waals surface area contributed by atoms with E-state index in [0.717, 1.165) is 22.1 Å². The molecular formula is C32H24Cl3N5O4S. The second-order valence-corrected chi connectivity index (χ2v) is 11.4. The van der Waals surface area contributed by atoms with E-state index in [1.807, 2.05) is 29.6 Å². The zero-order valence-electron chi connectivity index (χ0n) is 23.5. The standard InChI is InChI=1S/C32H24Cl3N5O4S/c1-43-28-15-19(14-25(35)30(28)44-17-29(41)38-26-5-3-2-4-24(26)34)16-36-40-31(42)21-8-6-20(7-9-21)27-18-45-32(39-27)37-23-12-10-22(33)11-13-23/h2-16,18H,17H2,1H3,(H,37,39)(H,38,41)(H,40,42)/b36-16-. The number of aromatic nitrogens is 1. The van der Waals surface area contributed by atoms with Gasteiger partial charge in [0.15, 0.2) is 23.2 Å². The van der Waals surface area contributed by atoms with Crippen LogP contribution in [0.1, 0.15) is 15.9 Å². The lowest BCUT2D eigenvalue weighted by Crippen LogP contribution is -2.20. The summed E-state index contributed by atoms with van der Waals surface area (Å²) in [7, 11) is 1.44. The molecule has 45 heavy (non-hydrogen) atoms. The molecule has 1 aromatic heterocycles. The number of nitrogens with zero attached hydrogens (tertiary/aromatic N) is 2. The number of methoxy groups -OCH3 is 1. The first-order valence-electron chi connectivity index (χ1n) is 13.3. The molecule has 5 rings (SSSR count). The number of rotatable bonds is 11. The third-order valence-corrected chi connectivity index (χ3v) is 7.79. The Morgan fingerprint density at radius 2 is 1.71 bits per heavy atom. The number of benzene rings is 4. The lowest BCUT2D eigenvalue weighted by molar-refractivity contribution is -0.118. The van der Waals surface area contributed by atoms with Gasteiger partial charge in [0.25, 0.3) is 11.8 Å². The van der Waals surface area contributed by atoms with Crippen LogP contribution < -0.4 is 25.5 Å². The normalized spacial score (nSPS) is 10.8. The number of ether oxygens (including phenoxy) is 2.